The molecular formula is C14H22F2N2O2S. The second-order valence-corrected chi connectivity index (χ2v) is 6.77. The Balaban J connectivity index is 2.30. The Hall–Kier alpha value is -1.05. The maximum absolute atomic E-state index is 13.0. The van der Waals surface area contributed by atoms with Gasteiger partial charge in [-0.15, -0.1) is 0 Å². The highest BCUT2D eigenvalue weighted by Crippen LogP contribution is 2.08. The summed E-state index contributed by atoms with van der Waals surface area (Å²) in [4.78, 5) is 0. The second kappa shape index (κ2) is 9.07. The van der Waals surface area contributed by atoms with Gasteiger partial charge in [0.05, 0.1) is 5.75 Å². The topological polar surface area (TPSA) is 58.2 Å². The number of hydrogen-bond acceptors (Lipinski definition) is 3. The van der Waals surface area contributed by atoms with E-state index in [-0.39, 0.29) is 12.3 Å². The first-order valence-electron chi connectivity index (χ1n) is 7.06. The van der Waals surface area contributed by atoms with E-state index in [1.807, 2.05) is 0 Å². The van der Waals surface area contributed by atoms with Crippen LogP contribution in [0.2, 0.25) is 0 Å². The first-order valence-corrected chi connectivity index (χ1v) is 8.72. The SMILES string of the molecule is CCCNCCCCS(=O)(=O)NCc1ccc(F)c(F)c1. The highest BCUT2D eigenvalue weighted by Gasteiger charge is 2.10. The lowest BCUT2D eigenvalue weighted by molar-refractivity contribution is 0.506. The van der Waals surface area contributed by atoms with Crippen molar-refractivity contribution in [1.29, 1.82) is 0 Å². The van der Waals surface area contributed by atoms with Crippen molar-refractivity contribution in [2.45, 2.75) is 32.7 Å². The molecule has 0 aliphatic carbocycles. The molecule has 0 amide bonds. The fourth-order valence-corrected chi connectivity index (χ4v) is 2.87. The lowest BCUT2D eigenvalue weighted by Crippen LogP contribution is -2.26. The number of unbranched alkanes of at least 4 members (excludes halogenated alkanes) is 1. The van der Waals surface area contributed by atoms with Crippen LogP contribution in [0.4, 0.5) is 8.78 Å². The van der Waals surface area contributed by atoms with E-state index in [0.717, 1.165) is 38.1 Å². The maximum Gasteiger partial charge on any atom is 0.211 e. The Morgan fingerprint density at radius 3 is 2.52 bits per heavy atom. The highest BCUT2D eigenvalue weighted by molar-refractivity contribution is 7.89. The summed E-state index contributed by atoms with van der Waals surface area (Å²) in [5.74, 6) is -1.89. The molecule has 120 valence electrons. The number of halogens is 2. The van der Waals surface area contributed by atoms with Gasteiger partial charge in [-0.3, -0.25) is 0 Å². The summed E-state index contributed by atoms with van der Waals surface area (Å²) in [6, 6.07) is 3.33. The Morgan fingerprint density at radius 1 is 1.10 bits per heavy atom. The molecular weight excluding hydrogens is 298 g/mol. The average molecular weight is 320 g/mol. The van der Waals surface area contributed by atoms with Crippen LogP contribution in [0.3, 0.4) is 0 Å². The number of sulfonamides is 1. The van der Waals surface area contributed by atoms with Crippen molar-refractivity contribution < 1.29 is 17.2 Å². The summed E-state index contributed by atoms with van der Waals surface area (Å²) in [5.41, 5.74) is 0.391. The lowest BCUT2D eigenvalue weighted by atomic mass is 10.2. The smallest absolute Gasteiger partial charge is 0.211 e. The van der Waals surface area contributed by atoms with E-state index in [2.05, 4.69) is 17.0 Å². The molecule has 1 aromatic carbocycles. The molecule has 0 bridgehead atoms. The van der Waals surface area contributed by atoms with E-state index in [1.165, 1.54) is 6.07 Å². The molecule has 0 unspecified atom stereocenters. The zero-order chi connectivity index (χ0) is 15.7. The highest BCUT2D eigenvalue weighted by atomic mass is 32.2. The van der Waals surface area contributed by atoms with E-state index < -0.39 is 21.7 Å². The molecule has 0 aliphatic heterocycles. The molecule has 7 heteroatoms. The predicted octanol–water partition coefficient (Wildman–Crippen LogP) is 2.16. The van der Waals surface area contributed by atoms with Crippen LogP contribution in [-0.2, 0) is 16.6 Å². The van der Waals surface area contributed by atoms with Crippen LogP contribution >= 0.6 is 0 Å². The minimum Gasteiger partial charge on any atom is -0.317 e. The third kappa shape index (κ3) is 7.50. The van der Waals surface area contributed by atoms with E-state index in [9.17, 15) is 17.2 Å². The standard InChI is InChI=1S/C14H22F2N2O2S/c1-2-7-17-8-3-4-9-21(19,20)18-11-12-5-6-13(15)14(16)10-12/h5-6,10,17-18H,2-4,7-9,11H2,1H3. The molecule has 0 aliphatic rings. The molecule has 0 fully saturated rings. The van der Waals surface area contributed by atoms with Gasteiger partial charge in [-0.2, -0.15) is 0 Å². The Kier molecular flexibility index (Phi) is 7.77. The minimum atomic E-state index is -3.39. The van der Waals surface area contributed by atoms with E-state index >= 15 is 0 Å². The normalized spacial score (nSPS) is 11.8. The van der Waals surface area contributed by atoms with Gasteiger partial charge in [0.25, 0.3) is 0 Å². The van der Waals surface area contributed by atoms with Gasteiger partial charge in [0.2, 0.25) is 10.0 Å². The molecule has 0 heterocycles. The van der Waals surface area contributed by atoms with Crippen LogP contribution in [0.25, 0.3) is 0 Å². The van der Waals surface area contributed by atoms with E-state index in [1.54, 1.807) is 0 Å². The van der Waals surface area contributed by atoms with Gasteiger partial charge in [0, 0.05) is 6.54 Å². The van der Waals surface area contributed by atoms with E-state index in [0.29, 0.717) is 12.0 Å². The Labute approximate surface area is 125 Å². The van der Waals surface area contributed by atoms with Crippen molar-refractivity contribution >= 4 is 10.0 Å². The van der Waals surface area contributed by atoms with Gasteiger partial charge >= 0.3 is 0 Å². The van der Waals surface area contributed by atoms with Gasteiger partial charge < -0.3 is 5.32 Å². The number of hydrogen-bond donors (Lipinski definition) is 2. The fourth-order valence-electron chi connectivity index (χ4n) is 1.76. The Bertz CT molecular complexity index is 536. The molecule has 0 atom stereocenters. The van der Waals surface area contributed by atoms with Crippen molar-refractivity contribution in [3.05, 3.63) is 35.4 Å². The fraction of sp³-hybridized carbons (Fsp3) is 0.571. The van der Waals surface area contributed by atoms with Crippen molar-refractivity contribution in [3.8, 4) is 0 Å². The van der Waals surface area contributed by atoms with E-state index in [4.69, 9.17) is 0 Å². The number of rotatable bonds is 10. The molecule has 0 spiro atoms. The van der Waals surface area contributed by atoms with Crippen molar-refractivity contribution in [2.24, 2.45) is 0 Å². The van der Waals surface area contributed by atoms with Crippen molar-refractivity contribution in [3.63, 3.8) is 0 Å². The third-order valence-electron chi connectivity index (χ3n) is 2.92. The first-order chi connectivity index (χ1) is 9.94. The first kappa shape index (κ1) is 18.0. The van der Waals surface area contributed by atoms with Crippen molar-refractivity contribution in [2.75, 3.05) is 18.8 Å². The summed E-state index contributed by atoms with van der Waals surface area (Å²) in [6.07, 6.45) is 2.39. The van der Waals surface area contributed by atoms with Gasteiger partial charge in [-0.1, -0.05) is 13.0 Å². The zero-order valence-electron chi connectivity index (χ0n) is 12.2. The molecule has 0 saturated carbocycles. The summed E-state index contributed by atoms with van der Waals surface area (Å²) in [5, 5.41) is 3.20. The lowest BCUT2D eigenvalue weighted by Gasteiger charge is -2.07. The molecule has 0 radical (unpaired) electrons. The van der Waals surface area contributed by atoms with Crippen LogP contribution < -0.4 is 10.0 Å². The minimum absolute atomic E-state index is 0.0322. The largest absolute Gasteiger partial charge is 0.317 e. The van der Waals surface area contributed by atoms with Crippen LogP contribution in [0.5, 0.6) is 0 Å². The van der Waals surface area contributed by atoms with Crippen LogP contribution in [0, 0.1) is 11.6 Å². The monoisotopic (exact) mass is 320 g/mol. The summed E-state index contributed by atoms with van der Waals surface area (Å²) >= 11 is 0. The molecule has 0 aromatic heterocycles. The van der Waals surface area contributed by atoms with Gasteiger partial charge in [-0.25, -0.2) is 21.9 Å². The molecule has 2 N–H and O–H groups in total. The van der Waals surface area contributed by atoms with Gasteiger partial charge in [0.1, 0.15) is 0 Å². The van der Waals surface area contributed by atoms with Crippen LogP contribution in [0.1, 0.15) is 31.7 Å². The third-order valence-corrected chi connectivity index (χ3v) is 4.33. The average Bonchev–Trinajstić information content (AvgIpc) is 2.44. The molecule has 1 rings (SSSR count). The summed E-state index contributed by atoms with van der Waals surface area (Å²) in [6.45, 7) is 3.76. The number of benzene rings is 1. The quantitative estimate of drug-likeness (QED) is 0.650. The van der Waals surface area contributed by atoms with Gasteiger partial charge in [0.15, 0.2) is 11.6 Å². The molecule has 4 nitrogen and oxygen atoms in total. The molecule has 21 heavy (non-hydrogen) atoms. The molecule has 0 saturated heterocycles. The Morgan fingerprint density at radius 2 is 1.86 bits per heavy atom. The summed E-state index contributed by atoms with van der Waals surface area (Å²) in [7, 11) is -3.39. The maximum atomic E-state index is 13.0. The predicted molar refractivity (Wildman–Crippen MR) is 79.4 cm³/mol. The second-order valence-electron chi connectivity index (χ2n) is 4.85. The van der Waals surface area contributed by atoms with Crippen LogP contribution in [-0.4, -0.2) is 27.3 Å². The van der Waals surface area contributed by atoms with Crippen molar-refractivity contribution in [1.82, 2.24) is 10.0 Å². The molecule has 1 aromatic rings. The van der Waals surface area contributed by atoms with Crippen LogP contribution in [0.15, 0.2) is 18.2 Å². The van der Waals surface area contributed by atoms with Gasteiger partial charge in [-0.05, 0) is 50.0 Å². The number of nitrogens with one attached hydrogen (secondary N) is 2. The zero-order valence-corrected chi connectivity index (χ0v) is 13.0. The summed E-state index contributed by atoms with van der Waals surface area (Å²) < 4.78 is 51.6.